The molecule has 1 aromatic rings. The van der Waals surface area contributed by atoms with Gasteiger partial charge in [-0.25, -0.2) is 0 Å². The fraction of sp³-hybridized carbons (Fsp3) is 0.250. The van der Waals surface area contributed by atoms with Crippen molar-refractivity contribution < 1.29 is 71.3 Å². The molecule has 0 aliphatic heterocycles. The summed E-state index contributed by atoms with van der Waals surface area (Å²) < 4.78 is 0. The molecule has 13 heavy (non-hydrogen) atoms. The Bertz CT molecular complexity index is 179. The maximum atomic E-state index is 3.03. The van der Waals surface area contributed by atoms with Crippen molar-refractivity contribution in [2.45, 2.75) is 13.8 Å². The normalized spacial score (nSPS) is 5.69. The van der Waals surface area contributed by atoms with Crippen LogP contribution in [0.25, 0.3) is 0 Å². The Morgan fingerprint density at radius 3 is 1.38 bits per heavy atom. The van der Waals surface area contributed by atoms with E-state index in [2.05, 4.69) is 26.0 Å². The molecule has 0 bridgehead atoms. The van der Waals surface area contributed by atoms with Crippen LogP contribution in [0, 0.1) is 19.9 Å². The van der Waals surface area contributed by atoms with E-state index in [1.54, 1.807) is 0 Å². The van der Waals surface area contributed by atoms with Crippen LogP contribution in [0.4, 0.5) is 0 Å². The van der Waals surface area contributed by atoms with Crippen LogP contribution in [-0.2, 0) is 71.3 Å². The van der Waals surface area contributed by atoms with E-state index in [4.69, 9.17) is 0 Å². The van der Waals surface area contributed by atoms with E-state index < -0.39 is 0 Å². The summed E-state index contributed by atoms with van der Waals surface area (Å²) in [6.45, 7) is 4.15. The first kappa shape index (κ1) is 29.4. The first-order valence-corrected chi connectivity index (χ1v) is 2.73. The minimum Gasteiger partial charge on any atom is -0.183 e. The molecule has 0 fully saturated rings. The van der Waals surface area contributed by atoms with Gasteiger partial charge in [0.2, 0.25) is 0 Å². The Hall–Kier alpha value is 1.86. The molecule has 0 saturated carbocycles. The Morgan fingerprint density at radius 1 is 0.923 bits per heavy atom. The summed E-state index contributed by atoms with van der Waals surface area (Å²) in [5, 5.41) is 0. The number of hydrogen-bond donors (Lipinski definition) is 0. The molecule has 1 unspecified atom stereocenters. The van der Waals surface area contributed by atoms with Gasteiger partial charge in [0.25, 0.3) is 0 Å². The zero-order valence-electron chi connectivity index (χ0n) is 7.33. The second-order valence-corrected chi connectivity index (χ2v) is 2.09. The molecular formula is C8H12Fe3IrP-. The van der Waals surface area contributed by atoms with E-state index in [1.165, 1.54) is 11.1 Å². The van der Waals surface area contributed by atoms with Crippen molar-refractivity contribution in [2.24, 2.45) is 0 Å². The molecule has 0 N–H and O–H groups in total. The molecule has 1 aromatic carbocycles. The Kier molecular flexibility index (Phi) is 36.8. The van der Waals surface area contributed by atoms with Crippen molar-refractivity contribution >= 4 is 9.90 Å². The standard InChI is InChI=1S/C8H9.3Fe.Ir.H3P/c1-7-4-3-5-8(2)6-7;;;;;/h4-6H,1-2H3;;;;;1H3/q-1;;;;;. The van der Waals surface area contributed by atoms with Crippen LogP contribution >= 0.6 is 9.90 Å². The fourth-order valence-electron chi connectivity index (χ4n) is 0.747. The third-order valence-electron chi connectivity index (χ3n) is 1.08. The predicted octanol–water partition coefficient (Wildman–Crippen LogP) is 2.15. The monoisotopic (exact) mass is 500 g/mol. The number of benzene rings is 1. The van der Waals surface area contributed by atoms with E-state index in [9.17, 15) is 0 Å². The van der Waals surface area contributed by atoms with Crippen LogP contribution < -0.4 is 0 Å². The molecule has 0 aliphatic carbocycles. The van der Waals surface area contributed by atoms with Gasteiger partial charge in [0.05, 0.1) is 0 Å². The maximum absolute atomic E-state index is 3.03. The van der Waals surface area contributed by atoms with Gasteiger partial charge in [-0.1, -0.05) is 13.8 Å². The first-order valence-electron chi connectivity index (χ1n) is 2.73. The molecule has 83 valence electrons. The van der Waals surface area contributed by atoms with Crippen LogP contribution in [0.3, 0.4) is 0 Å². The topological polar surface area (TPSA) is 0 Å². The zero-order chi connectivity index (χ0) is 5.98. The molecule has 0 aromatic heterocycles. The van der Waals surface area contributed by atoms with E-state index in [0.29, 0.717) is 0 Å². The van der Waals surface area contributed by atoms with E-state index in [-0.39, 0.29) is 81.2 Å². The molecule has 0 saturated heterocycles. The molecule has 5 heteroatoms. The average molecular weight is 499 g/mol. The third kappa shape index (κ3) is 13.9. The van der Waals surface area contributed by atoms with Crippen molar-refractivity contribution in [3.63, 3.8) is 0 Å². The molecule has 0 nitrogen and oxygen atoms in total. The van der Waals surface area contributed by atoms with Gasteiger partial charge in [-0.3, -0.25) is 0 Å². The predicted molar refractivity (Wildman–Crippen MR) is 45.9 cm³/mol. The quantitative estimate of drug-likeness (QED) is 0.292. The number of hydrogen-bond acceptors (Lipinski definition) is 0. The van der Waals surface area contributed by atoms with Gasteiger partial charge in [0.1, 0.15) is 0 Å². The summed E-state index contributed by atoms with van der Waals surface area (Å²) in [7, 11) is 0. The summed E-state index contributed by atoms with van der Waals surface area (Å²) in [6.07, 6.45) is 0. The van der Waals surface area contributed by atoms with E-state index in [1.807, 2.05) is 12.1 Å². The second-order valence-electron chi connectivity index (χ2n) is 2.09. The van der Waals surface area contributed by atoms with Gasteiger partial charge in [0.15, 0.2) is 0 Å². The first-order chi connectivity index (χ1) is 3.79. The van der Waals surface area contributed by atoms with E-state index in [0.717, 1.165) is 0 Å². The van der Waals surface area contributed by atoms with Crippen molar-refractivity contribution in [2.75, 3.05) is 0 Å². The maximum Gasteiger partial charge on any atom is 0 e. The smallest absolute Gasteiger partial charge is 0 e. The Balaban J connectivity index is -0.0000000427. The van der Waals surface area contributed by atoms with Crippen molar-refractivity contribution in [1.29, 1.82) is 0 Å². The largest absolute Gasteiger partial charge is 0.183 e. The summed E-state index contributed by atoms with van der Waals surface area (Å²) in [5.74, 6) is 0. The third-order valence-corrected chi connectivity index (χ3v) is 1.08. The van der Waals surface area contributed by atoms with Crippen molar-refractivity contribution in [1.82, 2.24) is 0 Å². The van der Waals surface area contributed by atoms with Crippen LogP contribution in [0.2, 0.25) is 0 Å². The van der Waals surface area contributed by atoms with Gasteiger partial charge in [0, 0.05) is 71.3 Å². The fourth-order valence-corrected chi connectivity index (χ4v) is 0.747. The van der Waals surface area contributed by atoms with Gasteiger partial charge in [-0.2, -0.15) is 45.3 Å². The van der Waals surface area contributed by atoms with Crippen molar-refractivity contribution in [3.8, 4) is 0 Å². The van der Waals surface area contributed by atoms with Crippen LogP contribution in [0.1, 0.15) is 11.1 Å². The average Bonchev–Trinajstić information content (AvgIpc) is 1.64. The van der Waals surface area contributed by atoms with E-state index >= 15 is 0 Å². The molecule has 1 radical (unpaired) electrons. The van der Waals surface area contributed by atoms with Crippen LogP contribution in [-0.4, -0.2) is 0 Å². The van der Waals surface area contributed by atoms with Crippen LogP contribution in [0.5, 0.6) is 0 Å². The number of rotatable bonds is 0. The van der Waals surface area contributed by atoms with Crippen LogP contribution in [0.15, 0.2) is 18.2 Å². The Labute approximate surface area is 129 Å². The molecule has 0 spiro atoms. The minimum atomic E-state index is 0. The molecule has 0 heterocycles. The number of aryl methyl sites for hydroxylation is 2. The van der Waals surface area contributed by atoms with Crippen molar-refractivity contribution in [3.05, 3.63) is 35.4 Å². The molecule has 0 amide bonds. The summed E-state index contributed by atoms with van der Waals surface area (Å²) in [6, 6.07) is 9.12. The SMILES string of the molecule is Cc1c[c-]cc(C)c1.P.[Fe].[Fe].[Fe].[Ir]. The molecular weight excluding hydrogens is 487 g/mol. The molecule has 0 aliphatic rings. The Morgan fingerprint density at radius 2 is 1.23 bits per heavy atom. The van der Waals surface area contributed by atoms with Gasteiger partial charge < -0.3 is 0 Å². The zero-order valence-corrected chi connectivity index (χ0v) is 14.5. The minimum absolute atomic E-state index is 0. The van der Waals surface area contributed by atoms with Gasteiger partial charge in [-0.15, -0.1) is 0 Å². The summed E-state index contributed by atoms with van der Waals surface area (Å²) in [5.41, 5.74) is 2.56. The van der Waals surface area contributed by atoms with Gasteiger partial charge in [-0.05, 0) is 0 Å². The summed E-state index contributed by atoms with van der Waals surface area (Å²) >= 11 is 0. The summed E-state index contributed by atoms with van der Waals surface area (Å²) in [4.78, 5) is 0. The second kappa shape index (κ2) is 16.3. The van der Waals surface area contributed by atoms with Gasteiger partial charge >= 0.3 is 0 Å². The molecule has 1 atom stereocenters. The molecule has 1 rings (SSSR count).